The van der Waals surface area contributed by atoms with Crippen LogP contribution in [0.2, 0.25) is 0 Å². The van der Waals surface area contributed by atoms with Gasteiger partial charge in [0, 0.05) is 19.3 Å². The fraction of sp³-hybridized carbons (Fsp3) is 0.833. The van der Waals surface area contributed by atoms with Crippen molar-refractivity contribution in [1.29, 1.82) is 0 Å². The number of carbonyl (C=O) groups excluding carboxylic acids is 3. The molecule has 0 rings (SSSR count). The van der Waals surface area contributed by atoms with Crippen LogP contribution in [-0.4, -0.2) is 37.2 Å². The van der Waals surface area contributed by atoms with E-state index in [2.05, 4.69) is 69.4 Å². The first-order valence-corrected chi connectivity index (χ1v) is 31.6. The van der Waals surface area contributed by atoms with Crippen LogP contribution in [0.5, 0.6) is 0 Å². The van der Waals surface area contributed by atoms with Crippen molar-refractivity contribution in [3.63, 3.8) is 0 Å². The van der Waals surface area contributed by atoms with Crippen molar-refractivity contribution in [2.75, 3.05) is 13.2 Å². The molecular weight excluding hydrogens is 889 g/mol. The molecule has 0 saturated heterocycles. The lowest BCUT2D eigenvalue weighted by Gasteiger charge is -2.18. The summed E-state index contributed by atoms with van der Waals surface area (Å²) in [7, 11) is 0. The van der Waals surface area contributed by atoms with Crippen LogP contribution in [-0.2, 0) is 28.6 Å². The lowest BCUT2D eigenvalue weighted by atomic mass is 10.0. The average molecular weight is 1010 g/mol. The van der Waals surface area contributed by atoms with Crippen molar-refractivity contribution >= 4 is 17.9 Å². The standard InChI is InChI=1S/C66H120O6/c1-4-7-10-13-16-19-22-24-25-26-27-28-29-30-31-32-33-34-35-36-37-38-39-40-41-43-44-47-50-53-56-59-65(68)71-62-63(61-70-64(67)58-55-52-49-46-21-18-15-12-9-6-3)72-66(69)60-57-54-51-48-45-42-23-20-17-14-11-8-5-2/h12,15,20,22-24,26-27,63H,4-11,13-14,16-19,21,25,28-62H2,1-3H3/b15-12-,23-20-,24-22-,27-26-. The van der Waals surface area contributed by atoms with Crippen LogP contribution in [0.15, 0.2) is 48.6 Å². The maximum absolute atomic E-state index is 12.8. The first-order chi connectivity index (χ1) is 35.5. The Morgan fingerprint density at radius 1 is 0.278 bits per heavy atom. The molecular formula is C66H120O6. The Morgan fingerprint density at radius 2 is 0.528 bits per heavy atom. The monoisotopic (exact) mass is 1010 g/mol. The van der Waals surface area contributed by atoms with Gasteiger partial charge >= 0.3 is 17.9 Å². The van der Waals surface area contributed by atoms with Crippen molar-refractivity contribution in [1.82, 2.24) is 0 Å². The van der Waals surface area contributed by atoms with Crippen molar-refractivity contribution in [2.45, 2.75) is 341 Å². The number of carbonyl (C=O) groups is 3. The molecule has 0 aliphatic carbocycles. The second-order valence-electron chi connectivity index (χ2n) is 21.3. The smallest absolute Gasteiger partial charge is 0.306 e. The molecule has 1 atom stereocenters. The molecule has 6 heteroatoms. The Hall–Kier alpha value is -2.63. The highest BCUT2D eigenvalue weighted by atomic mass is 16.6. The topological polar surface area (TPSA) is 78.9 Å². The van der Waals surface area contributed by atoms with Crippen molar-refractivity contribution in [3.8, 4) is 0 Å². The molecule has 0 aliphatic rings. The average Bonchev–Trinajstić information content (AvgIpc) is 3.38. The van der Waals surface area contributed by atoms with Gasteiger partial charge in [0.15, 0.2) is 6.10 Å². The predicted molar refractivity (Wildman–Crippen MR) is 312 cm³/mol. The van der Waals surface area contributed by atoms with Gasteiger partial charge in [0.1, 0.15) is 13.2 Å². The molecule has 420 valence electrons. The number of hydrogen-bond donors (Lipinski definition) is 0. The Morgan fingerprint density at radius 3 is 0.847 bits per heavy atom. The van der Waals surface area contributed by atoms with Crippen LogP contribution in [0.1, 0.15) is 335 Å². The largest absolute Gasteiger partial charge is 0.462 e. The molecule has 0 aliphatic heterocycles. The summed E-state index contributed by atoms with van der Waals surface area (Å²) in [5.41, 5.74) is 0. The van der Waals surface area contributed by atoms with E-state index in [9.17, 15) is 14.4 Å². The SMILES string of the molecule is CCC/C=C\CCCCCCCC(=O)OCC(COC(=O)CCCCCCCCCCCCCCCCCCCCC/C=C\C/C=C\CCCCCCC)OC(=O)CCCCCCC/C=C\CCCCCC. The molecule has 0 amide bonds. The van der Waals surface area contributed by atoms with Crippen LogP contribution in [0.25, 0.3) is 0 Å². The molecule has 0 aromatic carbocycles. The molecule has 1 unspecified atom stereocenters. The molecule has 0 aromatic rings. The minimum absolute atomic E-state index is 0.0759. The zero-order valence-electron chi connectivity index (χ0n) is 48.2. The Bertz CT molecular complexity index is 1250. The highest BCUT2D eigenvalue weighted by Gasteiger charge is 2.19. The molecule has 0 aromatic heterocycles. The molecule has 0 bridgehead atoms. The molecule has 0 spiro atoms. The highest BCUT2D eigenvalue weighted by Crippen LogP contribution is 2.17. The van der Waals surface area contributed by atoms with Gasteiger partial charge < -0.3 is 14.2 Å². The third-order valence-electron chi connectivity index (χ3n) is 14.0. The number of unbranched alkanes of at least 4 members (excludes halogenated alkanes) is 39. The van der Waals surface area contributed by atoms with Gasteiger partial charge in [-0.2, -0.15) is 0 Å². The molecule has 0 saturated carbocycles. The first-order valence-electron chi connectivity index (χ1n) is 31.6. The van der Waals surface area contributed by atoms with Crippen molar-refractivity contribution in [2.24, 2.45) is 0 Å². The van der Waals surface area contributed by atoms with Crippen LogP contribution >= 0.6 is 0 Å². The summed E-state index contributed by atoms with van der Waals surface area (Å²) in [6.45, 7) is 6.57. The third kappa shape index (κ3) is 58.3. The summed E-state index contributed by atoms with van der Waals surface area (Å²) in [4.78, 5) is 38.1. The van der Waals surface area contributed by atoms with Gasteiger partial charge in [0.2, 0.25) is 0 Å². The molecule has 0 heterocycles. The quantitative estimate of drug-likeness (QED) is 0.0261. The molecule has 6 nitrogen and oxygen atoms in total. The van der Waals surface area contributed by atoms with Crippen molar-refractivity contribution < 1.29 is 28.6 Å². The maximum atomic E-state index is 12.8. The number of allylic oxidation sites excluding steroid dienone is 8. The summed E-state index contributed by atoms with van der Waals surface area (Å²) in [6, 6.07) is 0. The molecule has 72 heavy (non-hydrogen) atoms. The van der Waals surface area contributed by atoms with E-state index in [1.807, 2.05) is 0 Å². The van der Waals surface area contributed by atoms with Crippen LogP contribution in [0.4, 0.5) is 0 Å². The van der Waals surface area contributed by atoms with E-state index in [4.69, 9.17) is 14.2 Å². The lowest BCUT2D eigenvalue weighted by Crippen LogP contribution is -2.30. The van der Waals surface area contributed by atoms with Gasteiger partial charge in [-0.15, -0.1) is 0 Å². The summed E-state index contributed by atoms with van der Waals surface area (Å²) < 4.78 is 16.8. The van der Waals surface area contributed by atoms with Gasteiger partial charge in [-0.25, -0.2) is 0 Å². The molecule has 0 N–H and O–H groups in total. The number of rotatable bonds is 58. The predicted octanol–water partition coefficient (Wildman–Crippen LogP) is 21.4. The normalized spacial score (nSPS) is 12.3. The minimum Gasteiger partial charge on any atom is -0.462 e. The second kappa shape index (κ2) is 60.9. The maximum Gasteiger partial charge on any atom is 0.306 e. The zero-order chi connectivity index (χ0) is 52.2. The van der Waals surface area contributed by atoms with Gasteiger partial charge in [0.05, 0.1) is 0 Å². The van der Waals surface area contributed by atoms with Crippen LogP contribution in [0, 0.1) is 0 Å². The minimum atomic E-state index is -0.777. The number of hydrogen-bond acceptors (Lipinski definition) is 6. The van der Waals surface area contributed by atoms with E-state index >= 15 is 0 Å². The van der Waals surface area contributed by atoms with Gasteiger partial charge in [-0.3, -0.25) is 14.4 Å². The number of ether oxygens (including phenoxy) is 3. The zero-order valence-corrected chi connectivity index (χ0v) is 48.2. The van der Waals surface area contributed by atoms with Crippen LogP contribution < -0.4 is 0 Å². The van der Waals surface area contributed by atoms with Gasteiger partial charge in [-0.05, 0) is 96.3 Å². The summed E-state index contributed by atoms with van der Waals surface area (Å²) in [5.74, 6) is -0.881. The van der Waals surface area contributed by atoms with E-state index in [1.54, 1.807) is 0 Å². The van der Waals surface area contributed by atoms with Gasteiger partial charge in [-0.1, -0.05) is 268 Å². The summed E-state index contributed by atoms with van der Waals surface area (Å²) in [6.07, 6.45) is 75.7. The van der Waals surface area contributed by atoms with Gasteiger partial charge in [0.25, 0.3) is 0 Å². The van der Waals surface area contributed by atoms with E-state index in [0.717, 1.165) is 89.9 Å². The fourth-order valence-corrected chi connectivity index (χ4v) is 9.24. The van der Waals surface area contributed by atoms with E-state index in [0.29, 0.717) is 19.3 Å². The Kier molecular flexibility index (Phi) is 58.7. The first kappa shape index (κ1) is 69.4. The van der Waals surface area contributed by atoms with E-state index < -0.39 is 6.10 Å². The Labute approximate surface area is 448 Å². The summed E-state index contributed by atoms with van der Waals surface area (Å²) in [5, 5.41) is 0. The molecule has 0 radical (unpaired) electrons. The lowest BCUT2D eigenvalue weighted by molar-refractivity contribution is -0.167. The van der Waals surface area contributed by atoms with Crippen LogP contribution in [0.3, 0.4) is 0 Å². The van der Waals surface area contributed by atoms with E-state index in [-0.39, 0.29) is 31.1 Å². The highest BCUT2D eigenvalue weighted by molar-refractivity contribution is 5.71. The molecule has 0 fully saturated rings. The van der Waals surface area contributed by atoms with E-state index in [1.165, 1.54) is 205 Å². The van der Waals surface area contributed by atoms with Crippen molar-refractivity contribution in [3.05, 3.63) is 48.6 Å². The summed E-state index contributed by atoms with van der Waals surface area (Å²) >= 11 is 0. The fourth-order valence-electron chi connectivity index (χ4n) is 9.24. The Balaban J connectivity index is 4.05. The second-order valence-corrected chi connectivity index (χ2v) is 21.3. The number of esters is 3. The third-order valence-corrected chi connectivity index (χ3v) is 14.0.